The molecule has 1 aromatic heterocycles. The molecule has 1 N–H and O–H groups in total. The van der Waals surface area contributed by atoms with Crippen molar-refractivity contribution in [2.45, 2.75) is 11.9 Å². The minimum absolute atomic E-state index is 0.154. The zero-order chi connectivity index (χ0) is 13.7. The van der Waals surface area contributed by atoms with Crippen LogP contribution in [0.3, 0.4) is 0 Å². The Kier molecular flexibility index (Phi) is 4.90. The highest BCUT2D eigenvalue weighted by Gasteiger charge is 2.19. The first-order valence-corrected chi connectivity index (χ1v) is 5.99. The third-order valence-corrected chi connectivity index (χ3v) is 3.35. The Labute approximate surface area is 107 Å². The topological polar surface area (TPSA) is 103 Å². The number of carboxylic acids is 1. The number of methoxy groups -OCH3 is 1. The highest BCUT2D eigenvalue weighted by molar-refractivity contribution is 7.99. The lowest BCUT2D eigenvalue weighted by Gasteiger charge is -2.06. The van der Waals surface area contributed by atoms with E-state index in [9.17, 15) is 14.9 Å². The summed E-state index contributed by atoms with van der Waals surface area (Å²) in [6.45, 7) is 1.53. The lowest BCUT2D eigenvalue weighted by Crippen LogP contribution is -2.12. The number of pyridine rings is 1. The van der Waals surface area contributed by atoms with Gasteiger partial charge in [0.2, 0.25) is 5.88 Å². The van der Waals surface area contributed by atoms with Gasteiger partial charge in [-0.15, -0.1) is 0 Å². The maximum Gasteiger partial charge on any atom is 0.307 e. The van der Waals surface area contributed by atoms with E-state index in [-0.39, 0.29) is 22.3 Å². The fourth-order valence-electron chi connectivity index (χ4n) is 1.05. The molecule has 0 bridgehead atoms. The largest absolute Gasteiger partial charge is 0.481 e. The highest BCUT2D eigenvalue weighted by Crippen LogP contribution is 2.30. The molecule has 7 nitrogen and oxygen atoms in total. The summed E-state index contributed by atoms with van der Waals surface area (Å²) < 4.78 is 4.88. The summed E-state index contributed by atoms with van der Waals surface area (Å²) in [6.07, 6.45) is 0. The van der Waals surface area contributed by atoms with Crippen LogP contribution in [-0.2, 0) is 4.79 Å². The maximum atomic E-state index is 10.8. The van der Waals surface area contributed by atoms with E-state index in [0.717, 1.165) is 11.8 Å². The standard InChI is InChI=1S/C10H12N2O5S/c1-6(10(13)14)5-18-9-7(12(15)16)3-4-8(11-9)17-2/h3-4,6H,5H2,1-2H3,(H,13,14). The third-order valence-electron chi connectivity index (χ3n) is 2.11. The second-order valence-corrected chi connectivity index (χ2v) is 4.49. The molecule has 1 aromatic rings. The normalized spacial score (nSPS) is 11.9. The van der Waals surface area contributed by atoms with E-state index in [2.05, 4.69) is 4.98 Å². The molecule has 0 aliphatic rings. The van der Waals surface area contributed by atoms with Crippen LogP contribution in [0.4, 0.5) is 5.69 Å². The van der Waals surface area contributed by atoms with Gasteiger partial charge in [0.05, 0.1) is 18.0 Å². The van der Waals surface area contributed by atoms with Gasteiger partial charge in [0.1, 0.15) is 0 Å². The third kappa shape index (κ3) is 3.59. The molecule has 0 saturated heterocycles. The van der Waals surface area contributed by atoms with Gasteiger partial charge in [-0.1, -0.05) is 18.7 Å². The van der Waals surface area contributed by atoms with Crippen LogP contribution in [0.2, 0.25) is 0 Å². The number of aromatic nitrogens is 1. The number of rotatable bonds is 6. The van der Waals surface area contributed by atoms with Crippen LogP contribution < -0.4 is 4.74 Å². The van der Waals surface area contributed by atoms with Crippen LogP contribution in [0.15, 0.2) is 17.2 Å². The van der Waals surface area contributed by atoms with Crippen LogP contribution in [0.1, 0.15) is 6.92 Å². The van der Waals surface area contributed by atoms with Crippen molar-refractivity contribution in [3.8, 4) is 5.88 Å². The molecule has 0 fully saturated rings. The minimum Gasteiger partial charge on any atom is -0.481 e. The lowest BCUT2D eigenvalue weighted by atomic mass is 10.2. The number of hydrogen-bond acceptors (Lipinski definition) is 6. The summed E-state index contributed by atoms with van der Waals surface area (Å²) in [6, 6.07) is 2.68. The van der Waals surface area contributed by atoms with Gasteiger partial charge >= 0.3 is 11.7 Å². The molecule has 8 heteroatoms. The fourth-order valence-corrected chi connectivity index (χ4v) is 2.05. The van der Waals surface area contributed by atoms with Gasteiger partial charge in [-0.05, 0) is 0 Å². The first kappa shape index (κ1) is 14.2. The molecular formula is C10H12N2O5S. The number of ether oxygens (including phenoxy) is 1. The minimum atomic E-state index is -0.951. The van der Waals surface area contributed by atoms with Crippen molar-refractivity contribution in [3.05, 3.63) is 22.2 Å². The number of nitrogens with zero attached hydrogens (tertiary/aromatic N) is 2. The van der Waals surface area contributed by atoms with Gasteiger partial charge in [-0.25, -0.2) is 0 Å². The number of thioether (sulfide) groups is 1. The molecule has 0 aromatic carbocycles. The van der Waals surface area contributed by atoms with Crippen molar-refractivity contribution in [1.29, 1.82) is 0 Å². The van der Waals surface area contributed by atoms with Crippen LogP contribution in [-0.4, -0.2) is 33.8 Å². The second kappa shape index (κ2) is 6.20. The Morgan fingerprint density at radius 1 is 1.67 bits per heavy atom. The molecule has 0 saturated carbocycles. The summed E-state index contributed by atoms with van der Waals surface area (Å²) in [5, 5.41) is 19.7. The summed E-state index contributed by atoms with van der Waals surface area (Å²) in [5.74, 6) is -1.10. The quantitative estimate of drug-likeness (QED) is 0.478. The molecule has 1 heterocycles. The highest BCUT2D eigenvalue weighted by atomic mass is 32.2. The van der Waals surface area contributed by atoms with Gasteiger partial charge in [0, 0.05) is 17.9 Å². The Bertz CT molecular complexity index is 466. The van der Waals surface area contributed by atoms with E-state index in [1.807, 2.05) is 0 Å². The molecule has 1 atom stereocenters. The average molecular weight is 272 g/mol. The Morgan fingerprint density at radius 2 is 2.33 bits per heavy atom. The van der Waals surface area contributed by atoms with Crippen LogP contribution in [0.5, 0.6) is 5.88 Å². The van der Waals surface area contributed by atoms with E-state index in [4.69, 9.17) is 9.84 Å². The van der Waals surface area contributed by atoms with Gasteiger partial charge in [0.15, 0.2) is 5.03 Å². The number of carboxylic acid groups (broad SMARTS) is 1. The molecule has 0 radical (unpaired) electrons. The fraction of sp³-hybridized carbons (Fsp3) is 0.400. The predicted molar refractivity (Wildman–Crippen MR) is 65.0 cm³/mol. The van der Waals surface area contributed by atoms with Crippen LogP contribution in [0.25, 0.3) is 0 Å². The summed E-state index contributed by atoms with van der Waals surface area (Å²) in [5.41, 5.74) is -0.154. The van der Waals surface area contributed by atoms with Gasteiger partial charge in [-0.2, -0.15) is 4.98 Å². The SMILES string of the molecule is COc1ccc([N+](=O)[O-])c(SCC(C)C(=O)O)n1. The van der Waals surface area contributed by atoms with Gasteiger partial charge < -0.3 is 9.84 Å². The Balaban J connectivity index is 2.90. The molecule has 0 spiro atoms. The monoisotopic (exact) mass is 272 g/mol. The van der Waals surface area contributed by atoms with Crippen molar-refractivity contribution in [2.75, 3.05) is 12.9 Å². The van der Waals surface area contributed by atoms with Crippen molar-refractivity contribution in [1.82, 2.24) is 4.98 Å². The van der Waals surface area contributed by atoms with Crippen molar-refractivity contribution >= 4 is 23.4 Å². The molecule has 18 heavy (non-hydrogen) atoms. The van der Waals surface area contributed by atoms with E-state index < -0.39 is 16.8 Å². The zero-order valence-corrected chi connectivity index (χ0v) is 10.6. The van der Waals surface area contributed by atoms with E-state index in [0.29, 0.717) is 0 Å². The van der Waals surface area contributed by atoms with Crippen molar-refractivity contribution < 1.29 is 19.6 Å². The summed E-state index contributed by atoms with van der Waals surface area (Å²) >= 11 is 1.03. The molecule has 1 rings (SSSR count). The van der Waals surface area contributed by atoms with E-state index in [1.54, 1.807) is 0 Å². The zero-order valence-electron chi connectivity index (χ0n) is 9.82. The lowest BCUT2D eigenvalue weighted by molar-refractivity contribution is -0.388. The Morgan fingerprint density at radius 3 is 2.83 bits per heavy atom. The smallest absolute Gasteiger partial charge is 0.307 e. The van der Waals surface area contributed by atoms with Gasteiger partial charge in [-0.3, -0.25) is 14.9 Å². The molecule has 0 aliphatic carbocycles. The van der Waals surface area contributed by atoms with Crippen LogP contribution >= 0.6 is 11.8 Å². The summed E-state index contributed by atoms with van der Waals surface area (Å²) in [4.78, 5) is 24.9. The van der Waals surface area contributed by atoms with Crippen LogP contribution in [0, 0.1) is 16.0 Å². The van der Waals surface area contributed by atoms with Crippen molar-refractivity contribution in [2.24, 2.45) is 5.92 Å². The predicted octanol–water partition coefficient (Wildman–Crippen LogP) is 1.81. The van der Waals surface area contributed by atoms with E-state index in [1.165, 1.54) is 26.2 Å². The molecular weight excluding hydrogens is 260 g/mol. The maximum absolute atomic E-state index is 10.8. The Hall–Kier alpha value is -1.83. The number of hydrogen-bond donors (Lipinski definition) is 1. The first-order chi connectivity index (χ1) is 8.45. The summed E-state index contributed by atoms with van der Waals surface area (Å²) in [7, 11) is 1.41. The molecule has 0 amide bonds. The van der Waals surface area contributed by atoms with Crippen molar-refractivity contribution in [3.63, 3.8) is 0 Å². The molecule has 1 unspecified atom stereocenters. The average Bonchev–Trinajstić information content (AvgIpc) is 2.34. The number of carbonyl (C=O) groups is 1. The second-order valence-electron chi connectivity index (χ2n) is 3.49. The number of aliphatic carboxylic acids is 1. The van der Waals surface area contributed by atoms with Gasteiger partial charge in [0.25, 0.3) is 0 Å². The van der Waals surface area contributed by atoms with E-state index >= 15 is 0 Å². The first-order valence-electron chi connectivity index (χ1n) is 5.00. The number of nitro groups is 1. The molecule has 98 valence electrons. The molecule has 0 aliphatic heterocycles.